The fraction of sp³-hybridized carbons (Fsp3) is 0.450. The van der Waals surface area contributed by atoms with E-state index in [9.17, 15) is 24.3 Å². The second kappa shape index (κ2) is 40.9. The molecule has 100 heavy (non-hydrogen) atoms. The Bertz CT molecular complexity index is 3860. The Morgan fingerprint density at radius 1 is 0.400 bits per heavy atom. The molecule has 1 unspecified atom stereocenters. The Morgan fingerprint density at radius 3 is 0.960 bits per heavy atom. The van der Waals surface area contributed by atoms with Crippen LogP contribution in [0.1, 0.15) is 186 Å². The minimum atomic E-state index is -0.153. The number of rotatable bonds is 26. The summed E-state index contributed by atoms with van der Waals surface area (Å²) in [6.07, 6.45) is 17.6. The maximum absolute atomic E-state index is 12.5. The molecule has 1 atom stereocenters. The average Bonchev–Trinajstić information content (AvgIpc) is 0.844. The van der Waals surface area contributed by atoms with Gasteiger partial charge in [-0.25, -0.2) is 39.9 Å². The van der Waals surface area contributed by atoms with Gasteiger partial charge in [0.05, 0.1) is 96.8 Å². The van der Waals surface area contributed by atoms with E-state index in [1.165, 1.54) is 26.2 Å². The Balaban J connectivity index is 0.000000211. The van der Waals surface area contributed by atoms with Gasteiger partial charge in [0.25, 0.3) is 0 Å². The third-order valence-electron chi connectivity index (χ3n) is 16.4. The molecule has 20 heteroatoms. The number of nitrogens with zero attached hydrogens (tertiary/aromatic N) is 8. The van der Waals surface area contributed by atoms with Gasteiger partial charge < -0.3 is 41.7 Å². The summed E-state index contributed by atoms with van der Waals surface area (Å²) in [5.41, 5.74) is 13.5. The van der Waals surface area contributed by atoms with Crippen molar-refractivity contribution in [3.8, 4) is 45.0 Å². The lowest BCUT2D eigenvalue weighted by Crippen LogP contribution is -2.22. The predicted molar refractivity (Wildman–Crippen MR) is 398 cm³/mol. The average molecular weight is 1360 g/mol. The molecule has 1 saturated carbocycles. The number of anilines is 4. The Hall–Kier alpha value is -9.08. The number of aliphatic hydroxyl groups excluding tert-OH is 4. The second-order valence-corrected chi connectivity index (χ2v) is 27.9. The van der Waals surface area contributed by atoms with Crippen LogP contribution in [0.4, 0.5) is 23.3 Å². The smallest absolute Gasteiger partial charge is 0.228 e. The largest absolute Gasteiger partial charge is 0.392 e. The number of carbonyl (C=O) groups is 4. The van der Waals surface area contributed by atoms with Gasteiger partial charge in [0.15, 0.2) is 23.3 Å². The number of carbonyl (C=O) groups excluding carboxylic acids is 4. The van der Waals surface area contributed by atoms with E-state index in [1.807, 2.05) is 125 Å². The number of hydrogen-bond donors (Lipinski definition) is 8. The normalized spacial score (nSPS) is 12.4. The first-order valence-electron chi connectivity index (χ1n) is 35.3. The van der Waals surface area contributed by atoms with Gasteiger partial charge in [0.2, 0.25) is 23.6 Å². The molecule has 0 aliphatic heterocycles. The number of hydrogen-bond acceptors (Lipinski definition) is 16. The molecule has 9 rings (SSSR count). The van der Waals surface area contributed by atoms with E-state index in [2.05, 4.69) is 102 Å². The van der Waals surface area contributed by atoms with Gasteiger partial charge in [-0.2, -0.15) is 0 Å². The highest BCUT2D eigenvalue weighted by Crippen LogP contribution is 2.30. The van der Waals surface area contributed by atoms with Gasteiger partial charge in [0.1, 0.15) is 0 Å². The molecule has 8 aromatic rings. The van der Waals surface area contributed by atoms with Crippen LogP contribution in [-0.4, -0.2) is 83.9 Å². The van der Waals surface area contributed by atoms with Crippen LogP contribution < -0.4 is 21.3 Å². The third kappa shape index (κ3) is 26.5. The number of nitrogens with one attached hydrogen (secondary N) is 4. The van der Waals surface area contributed by atoms with Crippen molar-refractivity contribution in [2.24, 2.45) is 41.4 Å². The molecule has 534 valence electrons. The van der Waals surface area contributed by atoms with E-state index in [1.54, 1.807) is 24.8 Å². The molecule has 4 amide bonds. The molecular formula is C80H106N12O8. The van der Waals surface area contributed by atoms with E-state index in [-0.39, 0.29) is 56.0 Å². The van der Waals surface area contributed by atoms with Gasteiger partial charge in [-0.05, 0) is 103 Å². The molecule has 4 aromatic carbocycles. The van der Waals surface area contributed by atoms with Gasteiger partial charge >= 0.3 is 0 Å². The van der Waals surface area contributed by atoms with Crippen LogP contribution in [0.5, 0.6) is 0 Å². The van der Waals surface area contributed by atoms with Crippen LogP contribution in [0.2, 0.25) is 0 Å². The molecule has 4 heterocycles. The molecule has 0 radical (unpaired) electrons. The van der Waals surface area contributed by atoms with Crippen LogP contribution in [0.3, 0.4) is 0 Å². The summed E-state index contributed by atoms with van der Waals surface area (Å²) < 4.78 is 0. The van der Waals surface area contributed by atoms with Crippen molar-refractivity contribution >= 4 is 46.9 Å². The van der Waals surface area contributed by atoms with E-state index < -0.39 is 0 Å². The fourth-order valence-electron chi connectivity index (χ4n) is 10.9. The van der Waals surface area contributed by atoms with Crippen molar-refractivity contribution in [1.82, 2.24) is 39.9 Å². The second-order valence-electron chi connectivity index (χ2n) is 27.9. The van der Waals surface area contributed by atoms with Gasteiger partial charge in [0, 0.05) is 47.9 Å². The van der Waals surface area contributed by atoms with Gasteiger partial charge in [-0.1, -0.05) is 199 Å². The summed E-state index contributed by atoms with van der Waals surface area (Å²) in [4.78, 5) is 84.8. The van der Waals surface area contributed by atoms with Crippen LogP contribution in [0, 0.1) is 41.4 Å². The highest BCUT2D eigenvalue weighted by atomic mass is 16.3. The number of aliphatic hydroxyl groups is 4. The number of aromatic nitrogens is 8. The molecular weight excluding hydrogens is 1260 g/mol. The zero-order valence-electron chi connectivity index (χ0n) is 60.9. The van der Waals surface area contributed by atoms with E-state index >= 15 is 0 Å². The van der Waals surface area contributed by atoms with Crippen molar-refractivity contribution in [3.05, 3.63) is 167 Å². The summed E-state index contributed by atoms with van der Waals surface area (Å²) >= 11 is 0. The maximum atomic E-state index is 12.5. The lowest BCUT2D eigenvalue weighted by Gasteiger charge is -2.21. The highest BCUT2D eigenvalue weighted by Gasteiger charge is 2.22. The monoisotopic (exact) mass is 1360 g/mol. The molecule has 20 nitrogen and oxygen atoms in total. The molecule has 4 aromatic heterocycles. The summed E-state index contributed by atoms with van der Waals surface area (Å²) in [6.45, 7) is 26.4. The summed E-state index contributed by atoms with van der Waals surface area (Å²) in [7, 11) is 0. The zero-order valence-corrected chi connectivity index (χ0v) is 60.9. The first-order valence-corrected chi connectivity index (χ1v) is 35.3. The first-order chi connectivity index (χ1) is 47.9. The quantitative estimate of drug-likeness (QED) is 0.0250. The van der Waals surface area contributed by atoms with Gasteiger partial charge in [-0.3, -0.25) is 19.2 Å². The molecule has 1 aliphatic rings. The molecule has 0 saturated heterocycles. The topological polar surface area (TPSA) is 300 Å². The number of amides is 4. The first kappa shape index (κ1) is 79.9. The van der Waals surface area contributed by atoms with Crippen molar-refractivity contribution in [2.45, 2.75) is 193 Å². The molecule has 8 N–H and O–H groups in total. The predicted octanol–water partition coefficient (Wildman–Crippen LogP) is 15.2. The molecule has 0 bridgehead atoms. The van der Waals surface area contributed by atoms with Crippen LogP contribution >= 0.6 is 0 Å². The zero-order chi connectivity index (χ0) is 72.8. The molecule has 1 aliphatic carbocycles. The molecule has 1 fully saturated rings. The van der Waals surface area contributed by atoms with Crippen LogP contribution in [-0.2, 0) is 71.3 Å². The highest BCUT2D eigenvalue weighted by molar-refractivity contribution is 5.93. The minimum absolute atomic E-state index is 0.0190. The van der Waals surface area contributed by atoms with Crippen molar-refractivity contribution in [1.29, 1.82) is 0 Å². The van der Waals surface area contributed by atoms with E-state index in [0.29, 0.717) is 71.6 Å². The molecule has 0 spiro atoms. The summed E-state index contributed by atoms with van der Waals surface area (Å²) in [5.74, 6) is 4.42. The fourth-order valence-corrected chi connectivity index (χ4v) is 10.9. The van der Waals surface area contributed by atoms with Crippen LogP contribution in [0.25, 0.3) is 45.0 Å². The Labute approximate surface area is 591 Å². The maximum Gasteiger partial charge on any atom is 0.228 e. The third-order valence-corrected chi connectivity index (χ3v) is 16.4. The summed E-state index contributed by atoms with van der Waals surface area (Å²) in [5, 5.41) is 48.2. The van der Waals surface area contributed by atoms with Crippen molar-refractivity contribution < 1.29 is 39.6 Å². The van der Waals surface area contributed by atoms with Crippen LogP contribution in [0.15, 0.2) is 122 Å². The van der Waals surface area contributed by atoms with Gasteiger partial charge in [-0.15, -0.1) is 0 Å². The minimum Gasteiger partial charge on any atom is -0.392 e. The standard InChI is InChI=1S/C23H31N3O2.2C20H27N3O2.C17H21N3O2/c1-16(2)12-20-23(26-22(28)13-17-6-4-3-5-7-17)24-14-21(25-20)19-10-8-18(15-27)9-11-19;1-13(2)9-17-20(23-19(25)10-14(3)4)21-11-18(22-17)16-7-5-15(12-24)6-8-16;1-5-14(4)20(25)23-19-17(10-13(2)3)22-18(11-21-19)16-8-6-15(12-24)7-9-16;1-11(2)8-15-17(19-12(3)22)18-9-16(20-15)14-6-4-13(10-21)5-7-14/h8-11,14,16-17,27H,3-7,12-13,15H2,1-2H3,(H,24,26,28);5-8,11,13-14,24H,9-10,12H2,1-4H3,(H,21,23,25);6-9,11,13-14,24H,5,10,12H2,1-4H3,(H,21,23,25);4-7,9,11,21H,8,10H2,1-3H3,(H,18,19,22). The van der Waals surface area contributed by atoms with E-state index in [0.717, 1.165) is 135 Å². The Morgan fingerprint density at radius 2 is 0.690 bits per heavy atom. The lowest BCUT2D eigenvalue weighted by atomic mass is 9.87. The Kier molecular flexibility index (Phi) is 32.6. The van der Waals surface area contributed by atoms with Crippen molar-refractivity contribution in [3.63, 3.8) is 0 Å². The van der Waals surface area contributed by atoms with Crippen molar-refractivity contribution in [2.75, 3.05) is 21.3 Å². The lowest BCUT2D eigenvalue weighted by molar-refractivity contribution is -0.119. The number of benzene rings is 4. The van der Waals surface area contributed by atoms with E-state index in [4.69, 9.17) is 30.3 Å². The SMILES string of the molecule is CC(=O)Nc1ncc(-c2ccc(CO)cc2)nc1CC(C)C.CC(C)CC(=O)Nc1ncc(-c2ccc(CO)cc2)nc1CC(C)C.CC(C)Cc1nc(-c2ccc(CO)cc2)cnc1NC(=O)CC1CCCCC1.CCC(C)C(=O)Nc1ncc(-c2ccc(CO)cc2)nc1CC(C)C. The summed E-state index contributed by atoms with van der Waals surface area (Å²) in [6, 6.07) is 30.4.